The largest absolute Gasteiger partial charge is 0.361 e. The quantitative estimate of drug-likeness (QED) is 0.751. The molecule has 0 bridgehead atoms. The number of nitrogens with zero attached hydrogens (tertiary/aromatic N) is 3. The summed E-state index contributed by atoms with van der Waals surface area (Å²) in [6.45, 7) is 2.85. The summed E-state index contributed by atoms with van der Waals surface area (Å²) in [5, 5.41) is 5.13. The minimum absolute atomic E-state index is 0.310. The summed E-state index contributed by atoms with van der Waals surface area (Å²) in [4.78, 5) is 9.51. The molecular formula is C15H19N5O. The number of aromatic amines is 1. The molecule has 0 amide bonds. The van der Waals surface area contributed by atoms with Gasteiger partial charge in [-0.25, -0.2) is 0 Å². The lowest BCUT2D eigenvalue weighted by molar-refractivity contribution is 0.354. The molecule has 3 rings (SSSR count). The standard InChI is InChI=1S/C15H19N5O/c1-3-20(2)15-18-14(21-19-15)12(16)8-10-9-17-13-7-5-4-6-11(10)13/h4-7,9,12,17H,3,8,16H2,1-2H3/t12-/m1/s1. The zero-order chi connectivity index (χ0) is 14.8. The molecule has 0 radical (unpaired) electrons. The van der Waals surface area contributed by atoms with Crippen LogP contribution in [0.25, 0.3) is 10.9 Å². The van der Waals surface area contributed by atoms with Crippen molar-refractivity contribution in [2.24, 2.45) is 5.73 Å². The fourth-order valence-electron chi connectivity index (χ4n) is 2.30. The van der Waals surface area contributed by atoms with Gasteiger partial charge in [-0.15, -0.1) is 0 Å². The summed E-state index contributed by atoms with van der Waals surface area (Å²) in [5.74, 6) is 1.04. The average Bonchev–Trinajstić information content (AvgIpc) is 3.14. The summed E-state index contributed by atoms with van der Waals surface area (Å²) in [6, 6.07) is 7.85. The van der Waals surface area contributed by atoms with Crippen LogP contribution in [0, 0.1) is 0 Å². The van der Waals surface area contributed by atoms with E-state index in [4.69, 9.17) is 10.3 Å². The second-order valence-corrected chi connectivity index (χ2v) is 5.12. The first kappa shape index (κ1) is 13.6. The summed E-state index contributed by atoms with van der Waals surface area (Å²) in [7, 11) is 1.92. The zero-order valence-corrected chi connectivity index (χ0v) is 12.2. The molecule has 6 heteroatoms. The molecule has 1 atom stereocenters. The van der Waals surface area contributed by atoms with Gasteiger partial charge in [-0.2, -0.15) is 4.98 Å². The number of rotatable bonds is 5. The van der Waals surface area contributed by atoms with Crippen LogP contribution >= 0.6 is 0 Å². The van der Waals surface area contributed by atoms with Gasteiger partial charge in [0.15, 0.2) is 0 Å². The van der Waals surface area contributed by atoms with Crippen molar-refractivity contribution >= 4 is 16.9 Å². The predicted molar refractivity (Wildman–Crippen MR) is 82.2 cm³/mol. The van der Waals surface area contributed by atoms with Gasteiger partial charge in [0.1, 0.15) is 0 Å². The zero-order valence-electron chi connectivity index (χ0n) is 12.2. The first-order valence-electron chi connectivity index (χ1n) is 7.04. The van der Waals surface area contributed by atoms with Crippen molar-refractivity contribution in [3.05, 3.63) is 41.9 Å². The maximum atomic E-state index is 6.20. The van der Waals surface area contributed by atoms with Crippen LogP contribution in [0.2, 0.25) is 0 Å². The van der Waals surface area contributed by atoms with Gasteiger partial charge in [0, 0.05) is 30.7 Å². The first-order valence-corrected chi connectivity index (χ1v) is 7.04. The highest BCUT2D eigenvalue weighted by Crippen LogP contribution is 2.23. The van der Waals surface area contributed by atoms with Gasteiger partial charge in [-0.05, 0) is 30.1 Å². The molecule has 0 aliphatic rings. The van der Waals surface area contributed by atoms with E-state index >= 15 is 0 Å². The highest BCUT2D eigenvalue weighted by molar-refractivity contribution is 5.83. The Morgan fingerprint density at radius 1 is 1.38 bits per heavy atom. The minimum Gasteiger partial charge on any atom is -0.361 e. The van der Waals surface area contributed by atoms with Gasteiger partial charge in [-0.3, -0.25) is 0 Å². The van der Waals surface area contributed by atoms with Crippen molar-refractivity contribution in [3.8, 4) is 0 Å². The number of anilines is 1. The van der Waals surface area contributed by atoms with E-state index in [0.29, 0.717) is 18.3 Å². The number of fused-ring (bicyclic) bond motifs is 1. The molecule has 3 aromatic rings. The van der Waals surface area contributed by atoms with Crippen LogP contribution in [-0.2, 0) is 6.42 Å². The molecule has 0 aliphatic carbocycles. The highest BCUT2D eigenvalue weighted by atomic mass is 16.5. The van der Waals surface area contributed by atoms with Gasteiger partial charge in [0.05, 0.1) is 6.04 Å². The lowest BCUT2D eigenvalue weighted by atomic mass is 10.1. The fourth-order valence-corrected chi connectivity index (χ4v) is 2.30. The van der Waals surface area contributed by atoms with Crippen LogP contribution in [-0.4, -0.2) is 28.7 Å². The Hall–Kier alpha value is -2.34. The van der Waals surface area contributed by atoms with E-state index in [1.54, 1.807) is 0 Å². The summed E-state index contributed by atoms with van der Waals surface area (Å²) >= 11 is 0. The van der Waals surface area contributed by atoms with Crippen molar-refractivity contribution in [1.82, 2.24) is 15.1 Å². The second-order valence-electron chi connectivity index (χ2n) is 5.12. The lowest BCUT2D eigenvalue weighted by Crippen LogP contribution is -2.18. The third-order valence-electron chi connectivity index (χ3n) is 3.68. The maximum Gasteiger partial charge on any atom is 0.265 e. The topological polar surface area (TPSA) is 84.0 Å². The number of para-hydroxylation sites is 1. The Kier molecular flexibility index (Phi) is 3.62. The van der Waals surface area contributed by atoms with Crippen molar-refractivity contribution in [2.75, 3.05) is 18.5 Å². The van der Waals surface area contributed by atoms with Crippen molar-refractivity contribution < 1.29 is 4.52 Å². The lowest BCUT2D eigenvalue weighted by Gasteiger charge is -2.09. The van der Waals surface area contributed by atoms with E-state index in [9.17, 15) is 0 Å². The number of hydrogen-bond donors (Lipinski definition) is 2. The van der Waals surface area contributed by atoms with Crippen LogP contribution in [0.4, 0.5) is 5.95 Å². The molecule has 2 heterocycles. The Morgan fingerprint density at radius 2 is 2.19 bits per heavy atom. The molecular weight excluding hydrogens is 266 g/mol. The maximum absolute atomic E-state index is 6.20. The van der Waals surface area contributed by atoms with Crippen LogP contribution in [0.3, 0.4) is 0 Å². The van der Waals surface area contributed by atoms with E-state index in [1.807, 2.05) is 43.3 Å². The van der Waals surface area contributed by atoms with E-state index < -0.39 is 0 Å². The third kappa shape index (κ3) is 2.62. The van der Waals surface area contributed by atoms with Crippen molar-refractivity contribution in [1.29, 1.82) is 0 Å². The van der Waals surface area contributed by atoms with E-state index in [2.05, 4.69) is 21.2 Å². The van der Waals surface area contributed by atoms with Crippen molar-refractivity contribution in [2.45, 2.75) is 19.4 Å². The van der Waals surface area contributed by atoms with E-state index in [0.717, 1.165) is 17.6 Å². The fraction of sp³-hybridized carbons (Fsp3) is 0.333. The Morgan fingerprint density at radius 3 is 3.00 bits per heavy atom. The van der Waals surface area contributed by atoms with Crippen LogP contribution in [0.1, 0.15) is 24.4 Å². The SMILES string of the molecule is CCN(C)c1noc([C@H](N)Cc2c[nH]c3ccccc23)n1. The number of aromatic nitrogens is 3. The van der Waals surface area contributed by atoms with Crippen LogP contribution in [0.5, 0.6) is 0 Å². The molecule has 1 aromatic carbocycles. The molecule has 2 aromatic heterocycles. The predicted octanol–water partition coefficient (Wildman–Crippen LogP) is 2.25. The molecule has 0 unspecified atom stereocenters. The van der Waals surface area contributed by atoms with Gasteiger partial charge < -0.3 is 20.1 Å². The van der Waals surface area contributed by atoms with Crippen molar-refractivity contribution in [3.63, 3.8) is 0 Å². The molecule has 0 saturated heterocycles. The average molecular weight is 285 g/mol. The highest BCUT2D eigenvalue weighted by Gasteiger charge is 2.18. The normalized spacial score (nSPS) is 12.7. The molecule has 21 heavy (non-hydrogen) atoms. The van der Waals surface area contributed by atoms with E-state index in [1.165, 1.54) is 5.39 Å². The Balaban J connectivity index is 1.79. The summed E-state index contributed by atoms with van der Waals surface area (Å²) in [6.07, 6.45) is 2.64. The van der Waals surface area contributed by atoms with Gasteiger partial charge in [0.25, 0.3) is 5.95 Å². The van der Waals surface area contributed by atoms with Gasteiger partial charge >= 0.3 is 0 Å². The molecule has 110 valence electrons. The number of nitrogens with two attached hydrogens (primary N) is 1. The number of H-pyrrole nitrogens is 1. The molecule has 3 N–H and O–H groups in total. The summed E-state index contributed by atoms with van der Waals surface area (Å²) in [5.41, 5.74) is 8.47. The molecule has 0 spiro atoms. The first-order chi connectivity index (χ1) is 10.2. The number of hydrogen-bond acceptors (Lipinski definition) is 5. The number of benzene rings is 1. The molecule has 0 fully saturated rings. The Bertz CT molecular complexity index is 732. The van der Waals surface area contributed by atoms with Crippen LogP contribution < -0.4 is 10.6 Å². The second kappa shape index (κ2) is 5.57. The third-order valence-corrected chi connectivity index (χ3v) is 3.68. The van der Waals surface area contributed by atoms with Gasteiger partial charge in [0.2, 0.25) is 5.89 Å². The molecule has 0 aliphatic heterocycles. The van der Waals surface area contributed by atoms with E-state index in [-0.39, 0.29) is 6.04 Å². The minimum atomic E-state index is -0.310. The smallest absolute Gasteiger partial charge is 0.265 e. The van der Waals surface area contributed by atoms with Crippen LogP contribution in [0.15, 0.2) is 35.0 Å². The molecule has 6 nitrogen and oxygen atoms in total. The Labute approximate surface area is 122 Å². The monoisotopic (exact) mass is 285 g/mol. The molecule has 0 saturated carbocycles. The summed E-state index contributed by atoms with van der Waals surface area (Å²) < 4.78 is 5.27. The number of nitrogens with one attached hydrogen (secondary N) is 1. The van der Waals surface area contributed by atoms with Gasteiger partial charge in [-0.1, -0.05) is 18.2 Å².